The third-order valence-electron chi connectivity index (χ3n) is 3.86. The number of carbonyl (C=O) groups is 1. The Balaban J connectivity index is 1.95. The third-order valence-corrected chi connectivity index (χ3v) is 4.78. The molecule has 0 spiro atoms. The lowest BCUT2D eigenvalue weighted by Crippen LogP contribution is -2.01. The molecule has 1 aromatic carbocycles. The van der Waals surface area contributed by atoms with Gasteiger partial charge in [-0.3, -0.25) is 4.98 Å². The second-order valence-electron chi connectivity index (χ2n) is 5.38. The van der Waals surface area contributed by atoms with Gasteiger partial charge in [-0.2, -0.15) is 0 Å². The van der Waals surface area contributed by atoms with Gasteiger partial charge in [0.05, 0.1) is 11.1 Å². The molecular weight excluding hydrogens is 282 g/mol. The van der Waals surface area contributed by atoms with Crippen LogP contribution in [0.4, 0.5) is 0 Å². The van der Waals surface area contributed by atoms with Crippen LogP contribution in [0.25, 0.3) is 21.3 Å². The molecule has 3 aromatic rings. The van der Waals surface area contributed by atoms with Gasteiger partial charge in [0.2, 0.25) is 0 Å². The maximum Gasteiger partial charge on any atom is 0.336 e. The smallest absolute Gasteiger partial charge is 0.336 e. The molecule has 1 aliphatic rings. The molecule has 1 N–H and O–H groups in total. The first kappa shape index (κ1) is 12.5. The van der Waals surface area contributed by atoms with Crippen molar-refractivity contribution in [2.45, 2.75) is 18.8 Å². The zero-order valence-corrected chi connectivity index (χ0v) is 12.1. The first-order valence-corrected chi connectivity index (χ1v) is 7.82. The van der Waals surface area contributed by atoms with Crippen molar-refractivity contribution in [3.05, 3.63) is 53.0 Å². The molecular formula is C17H13NO2S. The van der Waals surface area contributed by atoms with E-state index < -0.39 is 5.97 Å². The number of benzene rings is 1. The Labute approximate surface area is 125 Å². The van der Waals surface area contributed by atoms with Gasteiger partial charge in [-0.25, -0.2) is 4.79 Å². The Kier molecular flexibility index (Phi) is 2.79. The number of thiophene rings is 1. The van der Waals surface area contributed by atoms with E-state index in [9.17, 15) is 9.90 Å². The van der Waals surface area contributed by atoms with Gasteiger partial charge in [0, 0.05) is 21.9 Å². The number of carboxylic acids is 1. The number of hydrogen-bond donors (Lipinski definition) is 1. The van der Waals surface area contributed by atoms with Crippen LogP contribution >= 0.6 is 11.3 Å². The summed E-state index contributed by atoms with van der Waals surface area (Å²) >= 11 is 1.65. The second kappa shape index (κ2) is 4.67. The molecule has 2 aromatic heterocycles. The van der Waals surface area contributed by atoms with Gasteiger partial charge < -0.3 is 5.11 Å². The molecule has 0 bridgehead atoms. The van der Waals surface area contributed by atoms with Gasteiger partial charge in [-0.1, -0.05) is 12.1 Å². The largest absolute Gasteiger partial charge is 0.478 e. The van der Waals surface area contributed by atoms with E-state index in [1.165, 1.54) is 0 Å². The average molecular weight is 295 g/mol. The lowest BCUT2D eigenvalue weighted by atomic mass is 10.0. The molecule has 1 saturated carbocycles. The number of carboxylic acid groups (broad SMARTS) is 1. The van der Waals surface area contributed by atoms with Crippen LogP contribution in [0.3, 0.4) is 0 Å². The summed E-state index contributed by atoms with van der Waals surface area (Å²) in [5.41, 5.74) is 3.10. The van der Waals surface area contributed by atoms with Crippen molar-refractivity contribution in [1.82, 2.24) is 4.98 Å². The standard InChI is InChI=1S/C17H13NO2S/c19-17(20)13-9-15(10-3-4-10)18-14-6-5-11(8-12(13)14)16-2-1-7-21-16/h1-2,5-10H,3-4H2,(H,19,20). The number of aromatic carboxylic acids is 1. The van der Waals surface area contributed by atoms with E-state index in [0.717, 1.165) is 39.9 Å². The Bertz CT molecular complexity index is 835. The topological polar surface area (TPSA) is 50.2 Å². The van der Waals surface area contributed by atoms with Gasteiger partial charge in [0.25, 0.3) is 0 Å². The second-order valence-corrected chi connectivity index (χ2v) is 6.33. The monoisotopic (exact) mass is 295 g/mol. The summed E-state index contributed by atoms with van der Waals surface area (Å²) in [6, 6.07) is 11.7. The van der Waals surface area contributed by atoms with E-state index in [4.69, 9.17) is 0 Å². The number of rotatable bonds is 3. The fourth-order valence-electron chi connectivity index (χ4n) is 2.61. The fraction of sp³-hybridized carbons (Fsp3) is 0.176. The first-order chi connectivity index (χ1) is 10.2. The van der Waals surface area contributed by atoms with Crippen LogP contribution in [0.1, 0.15) is 34.8 Å². The van der Waals surface area contributed by atoms with Gasteiger partial charge in [0.1, 0.15) is 0 Å². The molecule has 0 saturated heterocycles. The molecule has 1 aliphatic carbocycles. The van der Waals surface area contributed by atoms with Crippen molar-refractivity contribution < 1.29 is 9.90 Å². The predicted molar refractivity (Wildman–Crippen MR) is 84.0 cm³/mol. The molecule has 4 rings (SSSR count). The SMILES string of the molecule is O=C(O)c1cc(C2CC2)nc2ccc(-c3cccs3)cc12. The maximum absolute atomic E-state index is 11.6. The Morgan fingerprint density at radius 3 is 2.76 bits per heavy atom. The molecule has 0 radical (unpaired) electrons. The zero-order chi connectivity index (χ0) is 14.4. The number of fused-ring (bicyclic) bond motifs is 1. The number of hydrogen-bond acceptors (Lipinski definition) is 3. The summed E-state index contributed by atoms with van der Waals surface area (Å²) in [6.45, 7) is 0. The number of nitrogens with zero attached hydrogens (tertiary/aromatic N) is 1. The number of pyridine rings is 1. The first-order valence-electron chi connectivity index (χ1n) is 6.94. The minimum absolute atomic E-state index is 0.361. The Hall–Kier alpha value is -2.20. The van der Waals surface area contributed by atoms with E-state index in [-0.39, 0.29) is 0 Å². The molecule has 1 fully saturated rings. The summed E-state index contributed by atoms with van der Waals surface area (Å²) in [4.78, 5) is 17.4. The van der Waals surface area contributed by atoms with E-state index in [2.05, 4.69) is 4.98 Å². The van der Waals surface area contributed by atoms with Crippen molar-refractivity contribution >= 4 is 28.2 Å². The molecule has 0 unspecified atom stereocenters. The van der Waals surface area contributed by atoms with E-state index in [1.807, 2.05) is 35.7 Å². The summed E-state index contributed by atoms with van der Waals surface area (Å²) in [6.07, 6.45) is 2.23. The van der Waals surface area contributed by atoms with E-state index in [1.54, 1.807) is 17.4 Å². The van der Waals surface area contributed by atoms with E-state index >= 15 is 0 Å². The van der Waals surface area contributed by atoms with Crippen molar-refractivity contribution in [1.29, 1.82) is 0 Å². The quantitative estimate of drug-likeness (QED) is 0.771. The van der Waals surface area contributed by atoms with Gasteiger partial charge in [-0.15, -0.1) is 11.3 Å². The van der Waals surface area contributed by atoms with E-state index in [0.29, 0.717) is 11.5 Å². The summed E-state index contributed by atoms with van der Waals surface area (Å²) < 4.78 is 0. The van der Waals surface area contributed by atoms with Crippen molar-refractivity contribution in [2.24, 2.45) is 0 Å². The highest BCUT2D eigenvalue weighted by Gasteiger charge is 2.27. The lowest BCUT2D eigenvalue weighted by Gasteiger charge is -2.08. The summed E-state index contributed by atoms with van der Waals surface area (Å²) in [7, 11) is 0. The molecule has 0 amide bonds. The van der Waals surface area contributed by atoms with Crippen molar-refractivity contribution in [3.63, 3.8) is 0 Å². The van der Waals surface area contributed by atoms with Crippen LogP contribution < -0.4 is 0 Å². The summed E-state index contributed by atoms with van der Waals surface area (Å²) in [5, 5.41) is 12.2. The molecule has 4 heteroatoms. The molecule has 21 heavy (non-hydrogen) atoms. The van der Waals surface area contributed by atoms with Crippen molar-refractivity contribution in [3.8, 4) is 10.4 Å². The molecule has 0 atom stereocenters. The zero-order valence-electron chi connectivity index (χ0n) is 11.2. The molecule has 104 valence electrons. The van der Waals surface area contributed by atoms with Gasteiger partial charge >= 0.3 is 5.97 Å². The van der Waals surface area contributed by atoms with Crippen LogP contribution in [0.5, 0.6) is 0 Å². The minimum atomic E-state index is -0.882. The number of aromatic nitrogens is 1. The highest BCUT2D eigenvalue weighted by atomic mass is 32.1. The van der Waals surface area contributed by atoms with Crippen LogP contribution in [-0.2, 0) is 0 Å². The fourth-order valence-corrected chi connectivity index (χ4v) is 3.33. The Morgan fingerprint density at radius 1 is 1.24 bits per heavy atom. The highest BCUT2D eigenvalue weighted by Crippen LogP contribution is 2.40. The van der Waals surface area contributed by atoms with Gasteiger partial charge in [-0.05, 0) is 48.1 Å². The molecule has 2 heterocycles. The summed E-state index contributed by atoms with van der Waals surface area (Å²) in [5.74, 6) is -0.433. The molecule has 3 nitrogen and oxygen atoms in total. The Morgan fingerprint density at radius 2 is 2.10 bits per heavy atom. The predicted octanol–water partition coefficient (Wildman–Crippen LogP) is 4.54. The highest BCUT2D eigenvalue weighted by molar-refractivity contribution is 7.13. The van der Waals surface area contributed by atoms with Crippen LogP contribution in [0.15, 0.2) is 41.8 Å². The maximum atomic E-state index is 11.6. The minimum Gasteiger partial charge on any atom is -0.478 e. The van der Waals surface area contributed by atoms with Crippen molar-refractivity contribution in [2.75, 3.05) is 0 Å². The molecule has 0 aliphatic heterocycles. The van der Waals surface area contributed by atoms with Gasteiger partial charge in [0.15, 0.2) is 0 Å². The van der Waals surface area contributed by atoms with Crippen LogP contribution in [-0.4, -0.2) is 16.1 Å². The average Bonchev–Trinajstić information content (AvgIpc) is 3.20. The third kappa shape index (κ3) is 2.21. The van der Waals surface area contributed by atoms with Crippen LogP contribution in [0.2, 0.25) is 0 Å². The van der Waals surface area contributed by atoms with Crippen LogP contribution in [0, 0.1) is 0 Å². The lowest BCUT2D eigenvalue weighted by molar-refractivity contribution is 0.0699. The normalized spacial score (nSPS) is 14.5.